The van der Waals surface area contributed by atoms with Crippen molar-refractivity contribution >= 4 is 5.82 Å². The number of imidazole rings is 1. The van der Waals surface area contributed by atoms with E-state index < -0.39 is 0 Å². The Morgan fingerprint density at radius 3 is 3.17 bits per heavy atom. The lowest BCUT2D eigenvalue weighted by Gasteiger charge is -2.09. The van der Waals surface area contributed by atoms with Crippen molar-refractivity contribution in [3.8, 4) is 0 Å². The van der Waals surface area contributed by atoms with Crippen molar-refractivity contribution in [3.05, 3.63) is 36.3 Å². The van der Waals surface area contributed by atoms with Gasteiger partial charge in [0.25, 0.3) is 0 Å². The molecule has 0 amide bonds. The summed E-state index contributed by atoms with van der Waals surface area (Å²) in [6.45, 7) is 1.92. The van der Waals surface area contributed by atoms with Crippen molar-refractivity contribution in [1.82, 2.24) is 19.5 Å². The van der Waals surface area contributed by atoms with Gasteiger partial charge in [-0.05, 0) is 25.7 Å². The first kappa shape index (κ1) is 11.2. The monoisotopic (exact) mass is 243 g/mol. The van der Waals surface area contributed by atoms with E-state index in [9.17, 15) is 0 Å². The molecule has 18 heavy (non-hydrogen) atoms. The Kier molecular flexibility index (Phi) is 3.21. The van der Waals surface area contributed by atoms with Crippen molar-refractivity contribution in [2.75, 3.05) is 11.9 Å². The molecule has 94 valence electrons. The maximum absolute atomic E-state index is 4.34. The van der Waals surface area contributed by atoms with Gasteiger partial charge in [-0.25, -0.2) is 15.0 Å². The molecule has 1 N–H and O–H groups in total. The highest BCUT2D eigenvalue weighted by Crippen LogP contribution is 2.24. The number of hydrogen-bond acceptors (Lipinski definition) is 4. The van der Waals surface area contributed by atoms with Gasteiger partial charge in [0, 0.05) is 36.7 Å². The second-order valence-corrected chi connectivity index (χ2v) is 4.58. The Morgan fingerprint density at radius 2 is 2.28 bits per heavy atom. The zero-order valence-corrected chi connectivity index (χ0v) is 10.3. The van der Waals surface area contributed by atoms with Crippen molar-refractivity contribution < 1.29 is 0 Å². The van der Waals surface area contributed by atoms with E-state index in [0.717, 1.165) is 38.2 Å². The number of aryl methyl sites for hydroxylation is 2. The molecule has 0 atom stereocenters. The molecule has 0 radical (unpaired) electrons. The van der Waals surface area contributed by atoms with Gasteiger partial charge < -0.3 is 9.88 Å². The van der Waals surface area contributed by atoms with Crippen LogP contribution in [0, 0.1) is 0 Å². The first-order chi connectivity index (χ1) is 8.93. The van der Waals surface area contributed by atoms with Crippen molar-refractivity contribution in [1.29, 1.82) is 0 Å². The van der Waals surface area contributed by atoms with Crippen LogP contribution in [-0.2, 0) is 19.4 Å². The maximum atomic E-state index is 4.34. The van der Waals surface area contributed by atoms with Crippen LogP contribution in [0.15, 0.2) is 25.0 Å². The van der Waals surface area contributed by atoms with Crippen LogP contribution in [0.25, 0.3) is 0 Å². The summed E-state index contributed by atoms with van der Waals surface area (Å²) >= 11 is 0. The molecule has 0 bridgehead atoms. The fourth-order valence-corrected chi connectivity index (χ4v) is 2.40. The molecule has 0 fully saturated rings. The molecule has 2 heterocycles. The summed E-state index contributed by atoms with van der Waals surface area (Å²) in [5.74, 6) is 1.03. The summed E-state index contributed by atoms with van der Waals surface area (Å²) in [5.41, 5.74) is 2.54. The normalized spacial score (nSPS) is 13.6. The lowest BCUT2D eigenvalue weighted by Crippen LogP contribution is -2.09. The number of hydrogen-bond donors (Lipinski definition) is 1. The third-order valence-corrected chi connectivity index (χ3v) is 3.32. The zero-order chi connectivity index (χ0) is 12.2. The summed E-state index contributed by atoms with van der Waals surface area (Å²) < 4.78 is 2.09. The largest absolute Gasteiger partial charge is 0.370 e. The van der Waals surface area contributed by atoms with Crippen molar-refractivity contribution in [3.63, 3.8) is 0 Å². The highest BCUT2D eigenvalue weighted by atomic mass is 15.0. The van der Waals surface area contributed by atoms with Crippen LogP contribution >= 0.6 is 0 Å². The fourth-order valence-electron chi connectivity index (χ4n) is 2.40. The highest BCUT2D eigenvalue weighted by molar-refractivity contribution is 5.47. The summed E-state index contributed by atoms with van der Waals surface area (Å²) in [6.07, 6.45) is 11.8. The van der Waals surface area contributed by atoms with E-state index in [1.165, 1.54) is 17.7 Å². The summed E-state index contributed by atoms with van der Waals surface area (Å²) in [5, 5.41) is 3.42. The van der Waals surface area contributed by atoms with E-state index in [2.05, 4.69) is 24.8 Å². The minimum absolute atomic E-state index is 0.932. The maximum Gasteiger partial charge on any atom is 0.132 e. The average molecular weight is 243 g/mol. The molecule has 5 heteroatoms. The lowest BCUT2D eigenvalue weighted by atomic mass is 10.2. The molecule has 2 aromatic heterocycles. The first-order valence-corrected chi connectivity index (χ1v) is 6.46. The van der Waals surface area contributed by atoms with E-state index in [1.807, 2.05) is 18.7 Å². The van der Waals surface area contributed by atoms with Gasteiger partial charge >= 0.3 is 0 Å². The minimum atomic E-state index is 0.932. The van der Waals surface area contributed by atoms with Crippen LogP contribution in [0.4, 0.5) is 5.82 Å². The van der Waals surface area contributed by atoms with E-state index in [0.29, 0.717) is 0 Å². The summed E-state index contributed by atoms with van der Waals surface area (Å²) in [6, 6.07) is 0. The van der Waals surface area contributed by atoms with Gasteiger partial charge in [0.05, 0.1) is 6.33 Å². The predicted octanol–water partition coefficient (Wildman–Crippen LogP) is 1.66. The third kappa shape index (κ3) is 2.34. The Labute approximate surface area is 106 Å². The molecule has 0 saturated heterocycles. The Bertz CT molecular complexity index is 506. The number of nitrogens with zero attached hydrogens (tertiary/aromatic N) is 4. The molecule has 0 unspecified atom stereocenters. The lowest BCUT2D eigenvalue weighted by molar-refractivity contribution is 0.659. The van der Waals surface area contributed by atoms with Gasteiger partial charge in [0.15, 0.2) is 0 Å². The van der Waals surface area contributed by atoms with Crippen LogP contribution in [0.2, 0.25) is 0 Å². The van der Waals surface area contributed by atoms with Crippen LogP contribution in [0.5, 0.6) is 0 Å². The zero-order valence-electron chi connectivity index (χ0n) is 10.3. The van der Waals surface area contributed by atoms with Crippen LogP contribution in [0.3, 0.4) is 0 Å². The summed E-state index contributed by atoms with van der Waals surface area (Å²) in [4.78, 5) is 12.7. The number of fused-ring (bicyclic) bond motifs is 1. The fraction of sp³-hybridized carbons (Fsp3) is 0.462. The Balaban J connectivity index is 1.53. The first-order valence-electron chi connectivity index (χ1n) is 6.46. The molecular weight excluding hydrogens is 226 g/mol. The number of rotatable bonds is 5. The second-order valence-electron chi connectivity index (χ2n) is 4.58. The van der Waals surface area contributed by atoms with Gasteiger partial charge in [-0.15, -0.1) is 0 Å². The van der Waals surface area contributed by atoms with Crippen molar-refractivity contribution in [2.45, 2.75) is 32.2 Å². The van der Waals surface area contributed by atoms with E-state index >= 15 is 0 Å². The van der Waals surface area contributed by atoms with E-state index in [1.54, 1.807) is 6.33 Å². The average Bonchev–Trinajstić information content (AvgIpc) is 3.05. The van der Waals surface area contributed by atoms with Crippen LogP contribution in [-0.4, -0.2) is 26.1 Å². The minimum Gasteiger partial charge on any atom is -0.370 e. The van der Waals surface area contributed by atoms with E-state index in [4.69, 9.17) is 0 Å². The van der Waals surface area contributed by atoms with Crippen LogP contribution in [0.1, 0.15) is 24.1 Å². The quantitative estimate of drug-likeness (QED) is 0.811. The molecule has 2 aromatic rings. The second kappa shape index (κ2) is 5.16. The SMILES string of the molecule is c1cn(CCCNc2ncnc3c2CCC3)cn1. The van der Waals surface area contributed by atoms with Crippen LogP contribution < -0.4 is 5.32 Å². The van der Waals surface area contributed by atoms with Gasteiger partial charge in [-0.1, -0.05) is 0 Å². The topological polar surface area (TPSA) is 55.6 Å². The van der Waals surface area contributed by atoms with E-state index in [-0.39, 0.29) is 0 Å². The van der Waals surface area contributed by atoms with Crippen molar-refractivity contribution in [2.24, 2.45) is 0 Å². The molecule has 1 aliphatic rings. The highest BCUT2D eigenvalue weighted by Gasteiger charge is 2.16. The third-order valence-electron chi connectivity index (χ3n) is 3.32. The molecule has 0 aliphatic heterocycles. The molecule has 5 nitrogen and oxygen atoms in total. The van der Waals surface area contributed by atoms with Gasteiger partial charge in [0.1, 0.15) is 12.1 Å². The number of aromatic nitrogens is 4. The summed E-state index contributed by atoms with van der Waals surface area (Å²) in [7, 11) is 0. The molecule has 0 aromatic carbocycles. The predicted molar refractivity (Wildman–Crippen MR) is 69.4 cm³/mol. The molecular formula is C13H17N5. The van der Waals surface area contributed by atoms with Gasteiger partial charge in [0.2, 0.25) is 0 Å². The van der Waals surface area contributed by atoms with Gasteiger partial charge in [-0.2, -0.15) is 0 Å². The number of nitrogens with one attached hydrogen (secondary N) is 1. The Morgan fingerprint density at radius 1 is 1.28 bits per heavy atom. The standard InChI is InChI=1S/C13H17N5/c1-3-11-12(4-1)16-9-17-13(11)15-5-2-7-18-8-6-14-10-18/h6,8-10H,1-5,7H2,(H,15,16,17). The number of anilines is 1. The smallest absolute Gasteiger partial charge is 0.132 e. The molecule has 0 saturated carbocycles. The molecule has 1 aliphatic carbocycles. The Hall–Kier alpha value is -1.91. The molecule has 3 rings (SSSR count). The molecule has 0 spiro atoms. The van der Waals surface area contributed by atoms with Gasteiger partial charge in [-0.3, -0.25) is 0 Å².